The van der Waals surface area contributed by atoms with Crippen molar-refractivity contribution in [2.24, 2.45) is 5.92 Å². The molecule has 0 aliphatic heterocycles. The highest BCUT2D eigenvalue weighted by atomic mass is 16.3. The number of para-hydroxylation sites is 1. The Morgan fingerprint density at radius 3 is 2.44 bits per heavy atom. The molecule has 2 N–H and O–H groups in total. The number of hydrogen-bond donors (Lipinski definition) is 2. The first kappa shape index (κ1) is 12.5. The van der Waals surface area contributed by atoms with Crippen LogP contribution in [0.15, 0.2) is 42.5 Å². The SMILES string of the molecule is C=C(C)[C@@H](C)[C@H](O)C(=O)Nc1ccccc1. The van der Waals surface area contributed by atoms with Crippen molar-refractivity contribution in [3.8, 4) is 0 Å². The molecular weight excluding hydrogens is 202 g/mol. The summed E-state index contributed by atoms with van der Waals surface area (Å²) in [7, 11) is 0. The number of aliphatic hydroxyl groups excluding tert-OH is 1. The Morgan fingerprint density at radius 1 is 1.38 bits per heavy atom. The van der Waals surface area contributed by atoms with Crippen LogP contribution >= 0.6 is 0 Å². The molecule has 1 amide bonds. The first-order valence-electron chi connectivity index (χ1n) is 5.21. The Bertz CT molecular complexity index is 373. The maximum atomic E-state index is 11.7. The summed E-state index contributed by atoms with van der Waals surface area (Å²) in [5.74, 6) is -0.648. The Labute approximate surface area is 95.8 Å². The minimum absolute atomic E-state index is 0.247. The van der Waals surface area contributed by atoms with Crippen LogP contribution in [-0.4, -0.2) is 17.1 Å². The number of nitrogens with one attached hydrogen (secondary N) is 1. The summed E-state index contributed by atoms with van der Waals surface area (Å²) in [6.45, 7) is 7.30. The lowest BCUT2D eigenvalue weighted by molar-refractivity contribution is -0.125. The van der Waals surface area contributed by atoms with Crippen molar-refractivity contribution in [1.29, 1.82) is 0 Å². The quantitative estimate of drug-likeness (QED) is 0.763. The van der Waals surface area contributed by atoms with Gasteiger partial charge in [-0.2, -0.15) is 0 Å². The van der Waals surface area contributed by atoms with E-state index < -0.39 is 12.0 Å². The van der Waals surface area contributed by atoms with Gasteiger partial charge in [0.05, 0.1) is 0 Å². The zero-order valence-electron chi connectivity index (χ0n) is 9.60. The number of carbonyl (C=O) groups excluding carboxylic acids is 1. The van der Waals surface area contributed by atoms with Gasteiger partial charge in [0.25, 0.3) is 5.91 Å². The van der Waals surface area contributed by atoms with Crippen molar-refractivity contribution in [3.63, 3.8) is 0 Å². The lowest BCUT2D eigenvalue weighted by atomic mass is 9.97. The molecule has 1 aromatic rings. The van der Waals surface area contributed by atoms with E-state index in [-0.39, 0.29) is 5.92 Å². The smallest absolute Gasteiger partial charge is 0.253 e. The molecule has 0 aliphatic carbocycles. The van der Waals surface area contributed by atoms with Crippen molar-refractivity contribution in [2.75, 3.05) is 5.32 Å². The molecule has 0 radical (unpaired) electrons. The molecule has 0 saturated carbocycles. The van der Waals surface area contributed by atoms with Gasteiger partial charge in [0, 0.05) is 11.6 Å². The van der Waals surface area contributed by atoms with E-state index in [1.807, 2.05) is 18.2 Å². The van der Waals surface area contributed by atoms with Gasteiger partial charge in [0.15, 0.2) is 0 Å². The molecule has 0 heterocycles. The van der Waals surface area contributed by atoms with Crippen LogP contribution in [0.5, 0.6) is 0 Å². The van der Waals surface area contributed by atoms with Crippen LogP contribution in [-0.2, 0) is 4.79 Å². The van der Waals surface area contributed by atoms with Gasteiger partial charge in [-0.1, -0.05) is 37.3 Å². The fourth-order valence-corrected chi connectivity index (χ4v) is 1.23. The van der Waals surface area contributed by atoms with E-state index in [0.29, 0.717) is 5.69 Å². The minimum Gasteiger partial charge on any atom is -0.383 e. The second kappa shape index (κ2) is 5.47. The normalized spacial score (nSPS) is 13.9. The number of hydrogen-bond acceptors (Lipinski definition) is 2. The third-order valence-electron chi connectivity index (χ3n) is 2.56. The molecule has 0 fully saturated rings. The molecular formula is C13H17NO2. The van der Waals surface area contributed by atoms with Crippen LogP contribution in [0, 0.1) is 5.92 Å². The third-order valence-corrected chi connectivity index (χ3v) is 2.56. The number of amides is 1. The molecule has 86 valence electrons. The standard InChI is InChI=1S/C13H17NO2/c1-9(2)10(3)12(15)13(16)14-11-7-5-4-6-8-11/h4-8,10,12,15H,1H2,2-3H3,(H,14,16)/t10-,12+/m1/s1. The lowest BCUT2D eigenvalue weighted by Gasteiger charge is -2.18. The number of benzene rings is 1. The average molecular weight is 219 g/mol. The Morgan fingerprint density at radius 2 is 1.94 bits per heavy atom. The molecule has 1 aromatic carbocycles. The van der Waals surface area contributed by atoms with Gasteiger partial charge in [-0.25, -0.2) is 0 Å². The van der Waals surface area contributed by atoms with Crippen molar-refractivity contribution < 1.29 is 9.90 Å². The molecule has 0 bridgehead atoms. The maximum Gasteiger partial charge on any atom is 0.253 e. The van der Waals surface area contributed by atoms with Crippen LogP contribution in [0.1, 0.15) is 13.8 Å². The van der Waals surface area contributed by atoms with E-state index in [2.05, 4.69) is 11.9 Å². The van der Waals surface area contributed by atoms with E-state index in [9.17, 15) is 9.90 Å². The monoisotopic (exact) mass is 219 g/mol. The summed E-state index contributed by atoms with van der Waals surface area (Å²) in [5, 5.41) is 12.4. The summed E-state index contributed by atoms with van der Waals surface area (Å²) in [4.78, 5) is 11.7. The highest BCUT2D eigenvalue weighted by molar-refractivity contribution is 5.94. The number of rotatable bonds is 4. The summed E-state index contributed by atoms with van der Waals surface area (Å²) in [6, 6.07) is 9.06. The molecule has 16 heavy (non-hydrogen) atoms. The number of carbonyl (C=O) groups is 1. The first-order chi connectivity index (χ1) is 7.52. The van der Waals surface area contributed by atoms with Crippen molar-refractivity contribution in [1.82, 2.24) is 0 Å². The van der Waals surface area contributed by atoms with Crippen LogP contribution in [0.3, 0.4) is 0 Å². The van der Waals surface area contributed by atoms with E-state index in [4.69, 9.17) is 0 Å². The van der Waals surface area contributed by atoms with Crippen LogP contribution in [0.4, 0.5) is 5.69 Å². The maximum absolute atomic E-state index is 11.7. The average Bonchev–Trinajstić information content (AvgIpc) is 2.28. The second-order valence-electron chi connectivity index (χ2n) is 3.94. The Kier molecular flexibility index (Phi) is 4.26. The van der Waals surface area contributed by atoms with Gasteiger partial charge in [-0.15, -0.1) is 0 Å². The number of aliphatic hydroxyl groups is 1. The van der Waals surface area contributed by atoms with Gasteiger partial charge < -0.3 is 10.4 Å². The zero-order valence-corrected chi connectivity index (χ0v) is 9.60. The summed E-state index contributed by atoms with van der Waals surface area (Å²) in [6.07, 6.45) is -1.06. The molecule has 2 atom stereocenters. The molecule has 3 heteroatoms. The highest BCUT2D eigenvalue weighted by Crippen LogP contribution is 2.14. The van der Waals surface area contributed by atoms with E-state index >= 15 is 0 Å². The Balaban J connectivity index is 2.63. The van der Waals surface area contributed by atoms with Gasteiger partial charge in [0.2, 0.25) is 0 Å². The predicted octanol–water partition coefficient (Wildman–Crippen LogP) is 2.20. The minimum atomic E-state index is -1.06. The number of anilines is 1. The van der Waals surface area contributed by atoms with E-state index in [0.717, 1.165) is 5.57 Å². The first-order valence-corrected chi connectivity index (χ1v) is 5.21. The van der Waals surface area contributed by atoms with Crippen molar-refractivity contribution >= 4 is 11.6 Å². The van der Waals surface area contributed by atoms with Gasteiger partial charge in [0.1, 0.15) is 6.10 Å². The predicted molar refractivity (Wildman–Crippen MR) is 65.1 cm³/mol. The summed E-state index contributed by atoms with van der Waals surface area (Å²) >= 11 is 0. The van der Waals surface area contributed by atoms with Crippen LogP contribution in [0.25, 0.3) is 0 Å². The van der Waals surface area contributed by atoms with E-state index in [1.165, 1.54) is 0 Å². The lowest BCUT2D eigenvalue weighted by Crippen LogP contribution is -2.33. The molecule has 0 aliphatic rings. The highest BCUT2D eigenvalue weighted by Gasteiger charge is 2.22. The van der Waals surface area contributed by atoms with Gasteiger partial charge >= 0.3 is 0 Å². The van der Waals surface area contributed by atoms with E-state index in [1.54, 1.807) is 26.0 Å². The summed E-state index contributed by atoms with van der Waals surface area (Å²) in [5.41, 5.74) is 1.47. The topological polar surface area (TPSA) is 49.3 Å². The van der Waals surface area contributed by atoms with Crippen LogP contribution in [0.2, 0.25) is 0 Å². The van der Waals surface area contributed by atoms with Crippen molar-refractivity contribution in [3.05, 3.63) is 42.5 Å². The molecule has 1 rings (SSSR count). The van der Waals surface area contributed by atoms with Crippen LogP contribution < -0.4 is 5.32 Å². The summed E-state index contributed by atoms with van der Waals surface area (Å²) < 4.78 is 0. The third kappa shape index (κ3) is 3.21. The second-order valence-corrected chi connectivity index (χ2v) is 3.94. The van der Waals surface area contributed by atoms with Gasteiger partial charge in [-0.05, 0) is 19.1 Å². The fourth-order valence-electron chi connectivity index (χ4n) is 1.23. The molecule has 0 saturated heterocycles. The molecule has 0 spiro atoms. The zero-order chi connectivity index (χ0) is 12.1. The Hall–Kier alpha value is -1.61. The molecule has 3 nitrogen and oxygen atoms in total. The fraction of sp³-hybridized carbons (Fsp3) is 0.308. The van der Waals surface area contributed by atoms with Gasteiger partial charge in [-0.3, -0.25) is 4.79 Å². The largest absolute Gasteiger partial charge is 0.383 e. The molecule has 0 aromatic heterocycles. The van der Waals surface area contributed by atoms with Crippen molar-refractivity contribution in [2.45, 2.75) is 20.0 Å². The molecule has 0 unspecified atom stereocenters.